The van der Waals surface area contributed by atoms with E-state index in [1.54, 1.807) is 13.1 Å². The Bertz CT molecular complexity index is 522. The van der Waals surface area contributed by atoms with Crippen LogP contribution in [0.4, 0.5) is 0 Å². The van der Waals surface area contributed by atoms with E-state index >= 15 is 0 Å². The van der Waals surface area contributed by atoms with Gasteiger partial charge in [-0.3, -0.25) is 14.6 Å². The Labute approximate surface area is 132 Å². The smallest absolute Gasteiger partial charge is 0.219 e. The quantitative estimate of drug-likeness (QED) is 0.833. The third-order valence-electron chi connectivity index (χ3n) is 4.90. The normalized spacial score (nSPS) is 27.5. The molecule has 2 aliphatic heterocycles. The molecule has 1 amide bonds. The Kier molecular flexibility index (Phi) is 4.49. The van der Waals surface area contributed by atoms with E-state index in [1.807, 2.05) is 11.8 Å². The van der Waals surface area contributed by atoms with Crippen LogP contribution in [0.15, 0.2) is 10.6 Å². The van der Waals surface area contributed by atoms with Crippen LogP contribution in [-0.4, -0.2) is 70.9 Å². The highest BCUT2D eigenvalue weighted by atomic mass is 16.4. The molecule has 3 rings (SSSR count). The van der Waals surface area contributed by atoms with Crippen molar-refractivity contribution in [2.75, 3.05) is 39.3 Å². The van der Waals surface area contributed by atoms with Crippen LogP contribution < -0.4 is 0 Å². The topological polar surface area (TPSA) is 52.8 Å². The van der Waals surface area contributed by atoms with Crippen molar-refractivity contribution in [3.05, 3.63) is 17.8 Å². The van der Waals surface area contributed by atoms with Crippen LogP contribution in [-0.2, 0) is 11.3 Å². The molecule has 0 spiro atoms. The summed E-state index contributed by atoms with van der Waals surface area (Å²) in [5, 5.41) is 0. The van der Waals surface area contributed by atoms with Gasteiger partial charge >= 0.3 is 0 Å². The lowest BCUT2D eigenvalue weighted by Crippen LogP contribution is -2.53. The molecule has 0 aliphatic carbocycles. The number of aryl methyl sites for hydroxylation is 1. The Morgan fingerprint density at radius 2 is 2.05 bits per heavy atom. The first-order valence-electron chi connectivity index (χ1n) is 8.16. The highest BCUT2D eigenvalue weighted by Gasteiger charge is 2.35. The summed E-state index contributed by atoms with van der Waals surface area (Å²) in [6.45, 7) is 12.5. The Morgan fingerprint density at radius 1 is 1.32 bits per heavy atom. The van der Waals surface area contributed by atoms with E-state index in [4.69, 9.17) is 4.42 Å². The lowest BCUT2D eigenvalue weighted by atomic mass is 10.0. The minimum Gasteiger partial charge on any atom is -0.445 e. The molecule has 3 heterocycles. The van der Waals surface area contributed by atoms with Crippen molar-refractivity contribution < 1.29 is 9.21 Å². The fraction of sp³-hybridized carbons (Fsp3) is 0.750. The van der Waals surface area contributed by atoms with E-state index in [9.17, 15) is 4.79 Å². The maximum atomic E-state index is 11.4. The van der Waals surface area contributed by atoms with Gasteiger partial charge in [-0.05, 0) is 12.8 Å². The monoisotopic (exact) mass is 306 g/mol. The zero-order chi connectivity index (χ0) is 15.7. The zero-order valence-corrected chi connectivity index (χ0v) is 13.8. The Balaban J connectivity index is 1.54. The van der Waals surface area contributed by atoms with Crippen LogP contribution in [0.3, 0.4) is 0 Å². The van der Waals surface area contributed by atoms with E-state index in [0.29, 0.717) is 12.0 Å². The first-order valence-corrected chi connectivity index (χ1v) is 8.16. The minimum absolute atomic E-state index is 0.194. The number of carbonyl (C=O) groups is 1. The molecule has 1 aromatic rings. The van der Waals surface area contributed by atoms with Crippen molar-refractivity contribution in [2.45, 2.75) is 33.4 Å². The third kappa shape index (κ3) is 3.33. The third-order valence-corrected chi connectivity index (χ3v) is 4.90. The summed E-state index contributed by atoms with van der Waals surface area (Å²) in [6.07, 6.45) is 1.79. The molecular formula is C16H26N4O2. The van der Waals surface area contributed by atoms with Crippen molar-refractivity contribution in [1.82, 2.24) is 19.7 Å². The van der Waals surface area contributed by atoms with Crippen molar-refractivity contribution in [3.8, 4) is 0 Å². The van der Waals surface area contributed by atoms with E-state index in [0.717, 1.165) is 57.5 Å². The van der Waals surface area contributed by atoms with Gasteiger partial charge in [-0.15, -0.1) is 0 Å². The van der Waals surface area contributed by atoms with Gasteiger partial charge in [0.05, 0.1) is 12.7 Å². The highest BCUT2D eigenvalue weighted by molar-refractivity contribution is 5.73. The van der Waals surface area contributed by atoms with Crippen LogP contribution in [0.1, 0.15) is 25.5 Å². The molecule has 6 nitrogen and oxygen atoms in total. The largest absolute Gasteiger partial charge is 0.445 e. The molecule has 0 bridgehead atoms. The fourth-order valence-electron chi connectivity index (χ4n) is 3.69. The molecule has 2 saturated heterocycles. The highest BCUT2D eigenvalue weighted by Crippen LogP contribution is 2.24. The number of likely N-dealkylation sites (tertiary alicyclic amines) is 1. The van der Waals surface area contributed by atoms with Crippen molar-refractivity contribution in [2.24, 2.45) is 5.92 Å². The molecule has 22 heavy (non-hydrogen) atoms. The number of carbonyl (C=O) groups excluding carboxylic acids is 1. The van der Waals surface area contributed by atoms with Gasteiger partial charge in [-0.25, -0.2) is 4.98 Å². The summed E-state index contributed by atoms with van der Waals surface area (Å²) >= 11 is 0. The summed E-state index contributed by atoms with van der Waals surface area (Å²) in [5.41, 5.74) is 0. The van der Waals surface area contributed by atoms with E-state index in [-0.39, 0.29) is 5.91 Å². The average Bonchev–Trinajstić information content (AvgIpc) is 3.05. The Hall–Kier alpha value is -1.40. The van der Waals surface area contributed by atoms with Gasteiger partial charge in [0.25, 0.3) is 0 Å². The second-order valence-electron chi connectivity index (χ2n) is 6.65. The number of amides is 1. The Morgan fingerprint density at radius 3 is 2.64 bits per heavy atom. The molecule has 0 aromatic carbocycles. The number of hydrogen-bond acceptors (Lipinski definition) is 5. The molecule has 2 aliphatic rings. The summed E-state index contributed by atoms with van der Waals surface area (Å²) in [6, 6.07) is 0.574. The molecule has 1 aromatic heterocycles. The van der Waals surface area contributed by atoms with Crippen molar-refractivity contribution in [1.29, 1.82) is 0 Å². The minimum atomic E-state index is 0.194. The van der Waals surface area contributed by atoms with Gasteiger partial charge < -0.3 is 9.32 Å². The fourth-order valence-corrected chi connectivity index (χ4v) is 3.69. The first-order chi connectivity index (χ1) is 10.5. The van der Waals surface area contributed by atoms with Crippen LogP contribution in [0.25, 0.3) is 0 Å². The number of aromatic nitrogens is 1. The summed E-state index contributed by atoms with van der Waals surface area (Å²) in [7, 11) is 0. The maximum Gasteiger partial charge on any atom is 0.219 e. The second kappa shape index (κ2) is 6.38. The summed E-state index contributed by atoms with van der Waals surface area (Å²) < 4.78 is 5.59. The second-order valence-corrected chi connectivity index (χ2v) is 6.65. The molecule has 6 heteroatoms. The van der Waals surface area contributed by atoms with Gasteiger partial charge in [-0.1, -0.05) is 6.92 Å². The molecular weight excluding hydrogens is 280 g/mol. The van der Waals surface area contributed by atoms with Crippen LogP contribution in [0.5, 0.6) is 0 Å². The van der Waals surface area contributed by atoms with E-state index < -0.39 is 0 Å². The molecule has 122 valence electrons. The molecule has 0 radical (unpaired) electrons. The number of rotatable bonds is 3. The molecule has 2 fully saturated rings. The number of nitrogens with zero attached hydrogens (tertiary/aromatic N) is 4. The van der Waals surface area contributed by atoms with Gasteiger partial charge in [0.15, 0.2) is 0 Å². The molecule has 0 unspecified atom stereocenters. The first kappa shape index (κ1) is 15.5. The predicted octanol–water partition coefficient (Wildman–Crippen LogP) is 0.967. The zero-order valence-electron chi connectivity index (χ0n) is 13.8. The molecule has 0 saturated carbocycles. The standard InChI is InChI=1S/C16H26N4O2/c1-12-9-18(11-16-17-8-13(2)22-16)10-15(12)20-6-4-19(5-7-20)14(3)21/h8,12,15H,4-7,9-11H2,1-3H3/t12-,15-/m0/s1. The summed E-state index contributed by atoms with van der Waals surface area (Å²) in [5.74, 6) is 2.52. The summed E-state index contributed by atoms with van der Waals surface area (Å²) in [4.78, 5) is 22.7. The van der Waals surface area contributed by atoms with Gasteiger partial charge in [0.1, 0.15) is 5.76 Å². The van der Waals surface area contributed by atoms with Crippen LogP contribution >= 0.6 is 0 Å². The van der Waals surface area contributed by atoms with Crippen molar-refractivity contribution in [3.63, 3.8) is 0 Å². The maximum absolute atomic E-state index is 11.4. The molecule has 2 atom stereocenters. The van der Waals surface area contributed by atoms with Crippen LogP contribution in [0.2, 0.25) is 0 Å². The SMILES string of the molecule is CC(=O)N1CCN([C@H]2CN(Cc3ncc(C)o3)C[C@@H]2C)CC1. The number of hydrogen-bond donors (Lipinski definition) is 0. The molecule has 0 N–H and O–H groups in total. The van der Waals surface area contributed by atoms with Gasteiger partial charge in [0, 0.05) is 52.2 Å². The predicted molar refractivity (Wildman–Crippen MR) is 83.3 cm³/mol. The van der Waals surface area contributed by atoms with Gasteiger partial charge in [-0.2, -0.15) is 0 Å². The van der Waals surface area contributed by atoms with E-state index in [1.165, 1.54) is 0 Å². The van der Waals surface area contributed by atoms with Crippen molar-refractivity contribution >= 4 is 5.91 Å². The van der Waals surface area contributed by atoms with Gasteiger partial charge in [0.2, 0.25) is 11.8 Å². The number of oxazole rings is 1. The van der Waals surface area contributed by atoms with Crippen LogP contribution in [0, 0.1) is 12.8 Å². The average molecular weight is 306 g/mol. The lowest BCUT2D eigenvalue weighted by Gasteiger charge is -2.39. The van der Waals surface area contributed by atoms with E-state index in [2.05, 4.69) is 21.7 Å². The number of piperazine rings is 1. The lowest BCUT2D eigenvalue weighted by molar-refractivity contribution is -0.130.